The third kappa shape index (κ3) is 3.34. The van der Waals surface area contributed by atoms with Crippen molar-refractivity contribution >= 4 is 6.29 Å². The Kier molecular flexibility index (Phi) is 4.82. The van der Waals surface area contributed by atoms with E-state index >= 15 is 0 Å². The molecule has 0 spiro atoms. The topological polar surface area (TPSA) is 44.8 Å². The highest BCUT2D eigenvalue weighted by molar-refractivity contribution is 5.78. The van der Waals surface area contributed by atoms with E-state index in [-0.39, 0.29) is 0 Å². The SMILES string of the molecule is CCc1ccc(Oc2cc(C=O)cc(OC)c2OC)cc1. The quantitative estimate of drug-likeness (QED) is 0.756. The van der Waals surface area contributed by atoms with Gasteiger partial charge in [-0.3, -0.25) is 4.79 Å². The van der Waals surface area contributed by atoms with Crippen molar-refractivity contribution in [2.24, 2.45) is 0 Å². The smallest absolute Gasteiger partial charge is 0.203 e. The molecule has 0 aliphatic rings. The predicted molar refractivity (Wildman–Crippen MR) is 80.8 cm³/mol. The minimum Gasteiger partial charge on any atom is -0.493 e. The maximum absolute atomic E-state index is 11.0. The van der Waals surface area contributed by atoms with E-state index in [4.69, 9.17) is 14.2 Å². The van der Waals surface area contributed by atoms with E-state index in [2.05, 4.69) is 6.92 Å². The Hall–Kier alpha value is -2.49. The molecule has 4 nitrogen and oxygen atoms in total. The summed E-state index contributed by atoms with van der Waals surface area (Å²) in [6.45, 7) is 2.09. The van der Waals surface area contributed by atoms with Crippen molar-refractivity contribution in [2.75, 3.05) is 14.2 Å². The van der Waals surface area contributed by atoms with E-state index in [0.29, 0.717) is 28.6 Å². The molecule has 0 N–H and O–H groups in total. The summed E-state index contributed by atoms with van der Waals surface area (Å²) in [6, 6.07) is 11.0. The fraction of sp³-hybridized carbons (Fsp3) is 0.235. The molecule has 2 aromatic carbocycles. The number of ether oxygens (including phenoxy) is 3. The van der Waals surface area contributed by atoms with Gasteiger partial charge in [0.15, 0.2) is 11.5 Å². The second kappa shape index (κ2) is 6.79. The van der Waals surface area contributed by atoms with Gasteiger partial charge < -0.3 is 14.2 Å². The van der Waals surface area contributed by atoms with Gasteiger partial charge in [-0.2, -0.15) is 0 Å². The average Bonchev–Trinajstić information content (AvgIpc) is 2.54. The molecule has 0 unspecified atom stereocenters. The number of benzene rings is 2. The summed E-state index contributed by atoms with van der Waals surface area (Å²) < 4.78 is 16.4. The van der Waals surface area contributed by atoms with Crippen LogP contribution in [0.1, 0.15) is 22.8 Å². The Morgan fingerprint density at radius 3 is 2.19 bits per heavy atom. The largest absolute Gasteiger partial charge is 0.493 e. The van der Waals surface area contributed by atoms with E-state index in [1.165, 1.54) is 19.8 Å². The van der Waals surface area contributed by atoms with Crippen molar-refractivity contribution in [1.82, 2.24) is 0 Å². The summed E-state index contributed by atoms with van der Waals surface area (Å²) in [5.41, 5.74) is 1.70. The summed E-state index contributed by atoms with van der Waals surface area (Å²) >= 11 is 0. The van der Waals surface area contributed by atoms with E-state index in [0.717, 1.165) is 12.7 Å². The first-order valence-electron chi connectivity index (χ1n) is 6.69. The number of carbonyl (C=O) groups is 1. The molecular weight excluding hydrogens is 268 g/mol. The van der Waals surface area contributed by atoms with Crippen molar-refractivity contribution in [3.05, 3.63) is 47.5 Å². The van der Waals surface area contributed by atoms with Gasteiger partial charge in [0.05, 0.1) is 14.2 Å². The number of aldehydes is 1. The third-order valence-corrected chi connectivity index (χ3v) is 3.16. The molecule has 0 bridgehead atoms. The van der Waals surface area contributed by atoms with Gasteiger partial charge in [-0.1, -0.05) is 19.1 Å². The normalized spacial score (nSPS) is 10.0. The van der Waals surface area contributed by atoms with Gasteiger partial charge in [0.25, 0.3) is 0 Å². The van der Waals surface area contributed by atoms with Gasteiger partial charge in [0.2, 0.25) is 5.75 Å². The number of hydrogen-bond acceptors (Lipinski definition) is 4. The fourth-order valence-electron chi connectivity index (χ4n) is 2.01. The van der Waals surface area contributed by atoms with Gasteiger partial charge in [-0.25, -0.2) is 0 Å². The van der Waals surface area contributed by atoms with Crippen LogP contribution in [0.2, 0.25) is 0 Å². The lowest BCUT2D eigenvalue weighted by molar-refractivity contribution is 0.112. The molecule has 0 atom stereocenters. The number of aryl methyl sites for hydroxylation is 1. The van der Waals surface area contributed by atoms with Gasteiger partial charge >= 0.3 is 0 Å². The molecule has 2 rings (SSSR count). The zero-order valence-electron chi connectivity index (χ0n) is 12.4. The van der Waals surface area contributed by atoms with Gasteiger partial charge in [0, 0.05) is 5.56 Å². The van der Waals surface area contributed by atoms with Crippen molar-refractivity contribution in [3.63, 3.8) is 0 Å². The minimum atomic E-state index is 0.447. The monoisotopic (exact) mass is 286 g/mol. The zero-order valence-corrected chi connectivity index (χ0v) is 12.4. The van der Waals surface area contributed by atoms with Crippen LogP contribution in [-0.4, -0.2) is 20.5 Å². The number of carbonyl (C=O) groups excluding carboxylic acids is 1. The molecule has 0 aliphatic carbocycles. The lowest BCUT2D eigenvalue weighted by Gasteiger charge is -2.14. The molecule has 2 aromatic rings. The van der Waals surface area contributed by atoms with Crippen molar-refractivity contribution in [3.8, 4) is 23.0 Å². The maximum atomic E-state index is 11.0. The molecule has 0 aromatic heterocycles. The van der Waals surface area contributed by atoms with Crippen LogP contribution in [0.3, 0.4) is 0 Å². The summed E-state index contributed by atoms with van der Waals surface area (Å²) in [6.07, 6.45) is 1.72. The summed E-state index contributed by atoms with van der Waals surface area (Å²) in [5, 5.41) is 0. The molecule has 4 heteroatoms. The Bertz CT molecular complexity index is 617. The van der Waals surface area contributed by atoms with E-state index in [9.17, 15) is 4.79 Å². The van der Waals surface area contributed by atoms with Crippen molar-refractivity contribution < 1.29 is 19.0 Å². The van der Waals surface area contributed by atoms with Gasteiger partial charge in [-0.15, -0.1) is 0 Å². The van der Waals surface area contributed by atoms with Crippen LogP contribution in [0.25, 0.3) is 0 Å². The van der Waals surface area contributed by atoms with E-state index in [1.54, 1.807) is 12.1 Å². The molecule has 0 saturated carbocycles. The summed E-state index contributed by atoms with van der Waals surface area (Å²) in [4.78, 5) is 11.0. The van der Waals surface area contributed by atoms with Gasteiger partial charge in [-0.05, 0) is 36.2 Å². The standard InChI is InChI=1S/C17H18O4/c1-4-12-5-7-14(8-6-12)21-16-10-13(11-18)9-15(19-2)17(16)20-3/h5-11H,4H2,1-3H3. The van der Waals surface area contributed by atoms with E-state index < -0.39 is 0 Å². The Morgan fingerprint density at radius 1 is 1.00 bits per heavy atom. The highest BCUT2D eigenvalue weighted by Crippen LogP contribution is 2.40. The van der Waals surface area contributed by atoms with Gasteiger partial charge in [0.1, 0.15) is 12.0 Å². The number of rotatable bonds is 6. The average molecular weight is 286 g/mol. The van der Waals surface area contributed by atoms with Crippen LogP contribution in [0.15, 0.2) is 36.4 Å². The Balaban J connectivity index is 2.38. The van der Waals surface area contributed by atoms with Crippen LogP contribution >= 0.6 is 0 Å². The number of methoxy groups -OCH3 is 2. The molecule has 0 radical (unpaired) electrons. The number of hydrogen-bond donors (Lipinski definition) is 0. The molecule has 0 aliphatic heterocycles. The molecule has 0 amide bonds. The molecule has 110 valence electrons. The van der Waals surface area contributed by atoms with Crippen LogP contribution < -0.4 is 14.2 Å². The maximum Gasteiger partial charge on any atom is 0.203 e. The third-order valence-electron chi connectivity index (χ3n) is 3.16. The molecule has 0 heterocycles. The predicted octanol–water partition coefficient (Wildman–Crippen LogP) is 3.87. The van der Waals surface area contributed by atoms with Crippen LogP contribution in [-0.2, 0) is 6.42 Å². The first-order chi connectivity index (χ1) is 10.2. The summed E-state index contributed by atoms with van der Waals surface area (Å²) in [7, 11) is 3.05. The van der Waals surface area contributed by atoms with E-state index in [1.807, 2.05) is 24.3 Å². The first-order valence-corrected chi connectivity index (χ1v) is 6.69. The summed E-state index contributed by atoms with van der Waals surface area (Å²) in [5.74, 6) is 2.05. The molecule has 0 fully saturated rings. The lowest BCUT2D eigenvalue weighted by Crippen LogP contribution is -1.96. The Labute approximate surface area is 124 Å². The molecular formula is C17H18O4. The second-order valence-electron chi connectivity index (χ2n) is 4.47. The molecule has 21 heavy (non-hydrogen) atoms. The highest BCUT2D eigenvalue weighted by atomic mass is 16.5. The molecule has 0 saturated heterocycles. The first kappa shape index (κ1) is 14.9. The van der Waals surface area contributed by atoms with Crippen LogP contribution in [0.5, 0.6) is 23.0 Å². The van der Waals surface area contributed by atoms with Crippen LogP contribution in [0.4, 0.5) is 0 Å². The Morgan fingerprint density at radius 2 is 1.67 bits per heavy atom. The highest BCUT2D eigenvalue weighted by Gasteiger charge is 2.14. The zero-order chi connectivity index (χ0) is 15.2. The fourth-order valence-corrected chi connectivity index (χ4v) is 2.01. The van der Waals surface area contributed by atoms with Crippen molar-refractivity contribution in [2.45, 2.75) is 13.3 Å². The second-order valence-corrected chi connectivity index (χ2v) is 4.47. The minimum absolute atomic E-state index is 0.447. The van der Waals surface area contributed by atoms with Crippen molar-refractivity contribution in [1.29, 1.82) is 0 Å². The van der Waals surface area contributed by atoms with Crippen LogP contribution in [0, 0.1) is 0 Å². The lowest BCUT2D eigenvalue weighted by atomic mass is 10.1.